The van der Waals surface area contributed by atoms with Crippen LogP contribution < -0.4 is 10.1 Å². The molecule has 1 aromatic carbocycles. The van der Waals surface area contributed by atoms with Crippen molar-refractivity contribution in [2.75, 3.05) is 0 Å². The van der Waals surface area contributed by atoms with E-state index in [0.717, 1.165) is 17.0 Å². The highest BCUT2D eigenvalue weighted by Crippen LogP contribution is 2.24. The van der Waals surface area contributed by atoms with Crippen molar-refractivity contribution in [3.05, 3.63) is 89.6 Å². The maximum Gasteiger partial charge on any atom is 0.263 e. The first-order valence-corrected chi connectivity index (χ1v) is 10.2. The van der Waals surface area contributed by atoms with Gasteiger partial charge in [0.05, 0.1) is 24.1 Å². The number of thiazole rings is 1. The number of pyridine rings is 1. The predicted octanol–water partition coefficient (Wildman–Crippen LogP) is 4.07. The number of ether oxygens (including phenoxy) is 1. The van der Waals surface area contributed by atoms with Gasteiger partial charge in [0, 0.05) is 18.6 Å². The summed E-state index contributed by atoms with van der Waals surface area (Å²) < 4.78 is 5.83. The molecular weight excluding hydrogens is 398 g/mol. The van der Waals surface area contributed by atoms with Crippen molar-refractivity contribution in [2.24, 2.45) is 0 Å². The van der Waals surface area contributed by atoms with Crippen LogP contribution in [0.15, 0.2) is 73.4 Å². The van der Waals surface area contributed by atoms with E-state index < -0.39 is 0 Å². The van der Waals surface area contributed by atoms with E-state index in [1.165, 1.54) is 11.3 Å². The summed E-state index contributed by atoms with van der Waals surface area (Å²) in [5.41, 5.74) is 2.45. The fourth-order valence-corrected chi connectivity index (χ4v) is 3.55. The Bertz CT molecular complexity index is 1120. The summed E-state index contributed by atoms with van der Waals surface area (Å²) in [6.07, 6.45) is 8.12. The van der Waals surface area contributed by atoms with Gasteiger partial charge in [0.1, 0.15) is 27.9 Å². The van der Waals surface area contributed by atoms with E-state index in [0.29, 0.717) is 22.2 Å². The van der Waals surface area contributed by atoms with Gasteiger partial charge in [-0.1, -0.05) is 18.2 Å². The standard InChI is InChI=1S/C22H19N5O2S/c1-15(16-5-4-7-18(11-16)29-14-17-6-2-3-8-24-17)27-21(28)20-13-26-22(30-20)19-12-23-9-10-25-19/h2-13,15H,14H2,1H3,(H,27,28). The molecule has 3 heterocycles. The number of nitrogens with one attached hydrogen (secondary N) is 1. The highest BCUT2D eigenvalue weighted by atomic mass is 32.1. The zero-order valence-corrected chi connectivity index (χ0v) is 17.0. The molecule has 0 aliphatic rings. The zero-order chi connectivity index (χ0) is 20.8. The largest absolute Gasteiger partial charge is 0.487 e. The molecule has 8 heteroatoms. The minimum absolute atomic E-state index is 0.185. The molecule has 30 heavy (non-hydrogen) atoms. The monoisotopic (exact) mass is 417 g/mol. The molecule has 0 saturated heterocycles. The van der Waals surface area contributed by atoms with Gasteiger partial charge >= 0.3 is 0 Å². The third-order valence-corrected chi connectivity index (χ3v) is 5.35. The summed E-state index contributed by atoms with van der Waals surface area (Å²) >= 11 is 1.28. The number of rotatable bonds is 7. The maximum atomic E-state index is 12.7. The number of nitrogens with zero attached hydrogens (tertiary/aromatic N) is 4. The SMILES string of the molecule is CC(NC(=O)c1cnc(-c2cnccn2)s1)c1cccc(OCc2ccccn2)c1. The number of carbonyl (C=O) groups excluding carboxylic acids is 1. The van der Waals surface area contributed by atoms with Crippen LogP contribution in [0.5, 0.6) is 5.75 Å². The average Bonchev–Trinajstić information content (AvgIpc) is 3.30. The Labute approximate surface area is 177 Å². The first kappa shape index (κ1) is 19.7. The van der Waals surface area contributed by atoms with Crippen LogP contribution >= 0.6 is 11.3 Å². The molecule has 3 aromatic heterocycles. The molecule has 0 radical (unpaired) electrons. The van der Waals surface area contributed by atoms with E-state index in [4.69, 9.17) is 4.74 Å². The molecule has 0 aliphatic heterocycles. The van der Waals surface area contributed by atoms with Crippen molar-refractivity contribution in [3.63, 3.8) is 0 Å². The molecule has 4 rings (SSSR count). The molecule has 1 unspecified atom stereocenters. The van der Waals surface area contributed by atoms with E-state index >= 15 is 0 Å². The van der Waals surface area contributed by atoms with Gasteiger partial charge in [-0.15, -0.1) is 11.3 Å². The first-order valence-electron chi connectivity index (χ1n) is 9.35. The maximum absolute atomic E-state index is 12.7. The van der Waals surface area contributed by atoms with E-state index in [1.807, 2.05) is 49.4 Å². The molecule has 0 bridgehead atoms. The molecule has 1 atom stereocenters. The van der Waals surface area contributed by atoms with Gasteiger partial charge in [0.15, 0.2) is 0 Å². The van der Waals surface area contributed by atoms with Gasteiger partial charge in [-0.3, -0.25) is 19.7 Å². The van der Waals surface area contributed by atoms with Crippen LogP contribution in [0.1, 0.15) is 33.9 Å². The van der Waals surface area contributed by atoms with E-state index in [-0.39, 0.29) is 11.9 Å². The predicted molar refractivity (Wildman–Crippen MR) is 114 cm³/mol. The Morgan fingerprint density at radius 1 is 1.07 bits per heavy atom. The summed E-state index contributed by atoms with van der Waals surface area (Å²) in [5, 5.41) is 3.66. The fourth-order valence-electron chi connectivity index (χ4n) is 2.77. The van der Waals surface area contributed by atoms with Gasteiger partial charge in [0.2, 0.25) is 0 Å². The zero-order valence-electron chi connectivity index (χ0n) is 16.2. The topological polar surface area (TPSA) is 89.9 Å². The van der Waals surface area contributed by atoms with Gasteiger partial charge in [-0.25, -0.2) is 4.98 Å². The number of benzene rings is 1. The summed E-state index contributed by atoms with van der Waals surface area (Å²) in [6, 6.07) is 13.2. The number of carbonyl (C=O) groups is 1. The van der Waals surface area contributed by atoms with Crippen LogP contribution in [0.2, 0.25) is 0 Å². The van der Waals surface area contributed by atoms with Crippen molar-refractivity contribution >= 4 is 17.2 Å². The number of hydrogen-bond acceptors (Lipinski definition) is 7. The molecule has 1 amide bonds. The van der Waals surface area contributed by atoms with Gasteiger partial charge in [0.25, 0.3) is 5.91 Å². The van der Waals surface area contributed by atoms with Gasteiger partial charge in [-0.2, -0.15) is 0 Å². The Hall–Kier alpha value is -3.65. The highest BCUT2D eigenvalue weighted by molar-refractivity contribution is 7.16. The fraction of sp³-hybridized carbons (Fsp3) is 0.136. The minimum atomic E-state index is -0.196. The molecule has 0 aliphatic carbocycles. The summed E-state index contributed by atoms with van der Waals surface area (Å²) in [6.45, 7) is 2.32. The number of aromatic nitrogens is 4. The lowest BCUT2D eigenvalue weighted by atomic mass is 10.1. The second-order valence-electron chi connectivity index (χ2n) is 6.50. The summed E-state index contributed by atoms with van der Waals surface area (Å²) in [7, 11) is 0. The molecular formula is C22H19N5O2S. The van der Waals surface area contributed by atoms with Crippen molar-refractivity contribution < 1.29 is 9.53 Å². The van der Waals surface area contributed by atoms with Crippen molar-refractivity contribution in [3.8, 4) is 16.5 Å². The van der Waals surface area contributed by atoms with E-state index in [1.54, 1.807) is 31.0 Å². The smallest absolute Gasteiger partial charge is 0.263 e. The summed E-state index contributed by atoms with van der Waals surface area (Å²) in [5.74, 6) is 0.539. The van der Waals surface area contributed by atoms with Crippen molar-refractivity contribution in [2.45, 2.75) is 19.6 Å². The molecule has 150 valence electrons. The lowest BCUT2D eigenvalue weighted by molar-refractivity contribution is 0.0943. The molecule has 0 spiro atoms. The molecule has 0 saturated carbocycles. The first-order chi connectivity index (χ1) is 14.7. The van der Waals surface area contributed by atoms with Crippen molar-refractivity contribution in [1.82, 2.24) is 25.3 Å². The Kier molecular flexibility index (Phi) is 6.05. The van der Waals surface area contributed by atoms with Crippen LogP contribution in [0.4, 0.5) is 0 Å². The van der Waals surface area contributed by atoms with E-state index in [9.17, 15) is 4.79 Å². The highest BCUT2D eigenvalue weighted by Gasteiger charge is 2.16. The normalized spacial score (nSPS) is 11.6. The number of amides is 1. The quantitative estimate of drug-likeness (QED) is 0.488. The third kappa shape index (κ3) is 4.84. The second kappa shape index (κ2) is 9.23. The second-order valence-corrected chi connectivity index (χ2v) is 7.53. The Morgan fingerprint density at radius 2 is 2.00 bits per heavy atom. The van der Waals surface area contributed by atoms with Crippen LogP contribution in [-0.2, 0) is 6.61 Å². The third-order valence-electron chi connectivity index (χ3n) is 4.33. The van der Waals surface area contributed by atoms with Gasteiger partial charge in [-0.05, 0) is 36.8 Å². The molecule has 1 N–H and O–H groups in total. The Morgan fingerprint density at radius 3 is 2.80 bits per heavy atom. The summed E-state index contributed by atoms with van der Waals surface area (Å²) in [4.78, 5) is 30.0. The van der Waals surface area contributed by atoms with E-state index in [2.05, 4.69) is 25.3 Å². The van der Waals surface area contributed by atoms with Crippen LogP contribution in [0, 0.1) is 0 Å². The minimum Gasteiger partial charge on any atom is -0.487 e. The molecule has 7 nitrogen and oxygen atoms in total. The molecule has 4 aromatic rings. The van der Waals surface area contributed by atoms with Crippen LogP contribution in [-0.4, -0.2) is 25.8 Å². The number of hydrogen-bond donors (Lipinski definition) is 1. The van der Waals surface area contributed by atoms with Gasteiger partial charge < -0.3 is 10.1 Å². The lowest BCUT2D eigenvalue weighted by Crippen LogP contribution is -2.25. The van der Waals surface area contributed by atoms with Crippen LogP contribution in [0.3, 0.4) is 0 Å². The molecule has 0 fully saturated rings. The Balaban J connectivity index is 1.39. The van der Waals surface area contributed by atoms with Crippen LogP contribution in [0.25, 0.3) is 10.7 Å². The lowest BCUT2D eigenvalue weighted by Gasteiger charge is -2.15. The average molecular weight is 417 g/mol. The van der Waals surface area contributed by atoms with Crippen molar-refractivity contribution in [1.29, 1.82) is 0 Å².